The molecule has 0 spiro atoms. The van der Waals surface area contributed by atoms with Crippen molar-refractivity contribution < 1.29 is 38.5 Å². The first-order valence-electron chi connectivity index (χ1n) is 12.8. The van der Waals surface area contributed by atoms with E-state index in [-0.39, 0.29) is 25.7 Å². The summed E-state index contributed by atoms with van der Waals surface area (Å²) in [5.74, 6) is -0.916. The van der Waals surface area contributed by atoms with E-state index in [1.54, 1.807) is 24.3 Å². The van der Waals surface area contributed by atoms with Crippen LogP contribution >= 0.6 is 0 Å². The topological polar surface area (TPSA) is 130 Å². The van der Waals surface area contributed by atoms with Crippen LogP contribution in [0, 0.1) is 10.1 Å². The number of ether oxygens (including phenoxy) is 4. The van der Waals surface area contributed by atoms with Gasteiger partial charge in [0.2, 0.25) is 0 Å². The Morgan fingerprint density at radius 2 is 1.78 bits per heavy atom. The Kier molecular flexibility index (Phi) is 9.30. The maximum atomic E-state index is 13.3. The van der Waals surface area contributed by atoms with Gasteiger partial charge in [0.25, 0.3) is 5.09 Å². The number of esters is 2. The average Bonchev–Trinajstić information content (AvgIpc) is 3.46. The van der Waals surface area contributed by atoms with Gasteiger partial charge in [-0.3, -0.25) is 9.69 Å². The quantitative estimate of drug-likeness (QED) is 0.239. The van der Waals surface area contributed by atoms with Gasteiger partial charge in [-0.2, -0.15) is 0 Å². The number of hydrogen-bond acceptors (Lipinski definition) is 11. The number of unbranched alkanes of at least 4 members (excludes halogenated alkanes) is 1. The number of piperazine rings is 1. The fraction of sp³-hybridized carbons (Fsp3) is 0.680. The van der Waals surface area contributed by atoms with Crippen LogP contribution in [0.15, 0.2) is 24.3 Å². The van der Waals surface area contributed by atoms with Gasteiger partial charge < -0.3 is 28.7 Å². The van der Waals surface area contributed by atoms with Crippen LogP contribution in [-0.4, -0.2) is 104 Å². The third-order valence-corrected chi connectivity index (χ3v) is 7.01. The van der Waals surface area contributed by atoms with Crippen LogP contribution in [0.2, 0.25) is 0 Å². The van der Waals surface area contributed by atoms with Crippen molar-refractivity contribution in [2.45, 2.75) is 56.7 Å². The molecule has 0 N–H and O–H groups in total. The van der Waals surface area contributed by atoms with Crippen molar-refractivity contribution in [3.8, 4) is 0 Å². The molecule has 3 saturated heterocycles. The summed E-state index contributed by atoms with van der Waals surface area (Å²) in [5.41, 5.74) is 0.889. The molecule has 3 aliphatic rings. The highest BCUT2D eigenvalue weighted by Crippen LogP contribution is 2.32. The summed E-state index contributed by atoms with van der Waals surface area (Å²) in [4.78, 5) is 45.7. The van der Waals surface area contributed by atoms with Crippen molar-refractivity contribution >= 4 is 11.9 Å². The Hall–Kier alpha value is -2.80. The summed E-state index contributed by atoms with van der Waals surface area (Å²) < 4.78 is 22.8. The second-order valence-corrected chi connectivity index (χ2v) is 9.69. The maximum absolute atomic E-state index is 13.3. The van der Waals surface area contributed by atoms with Crippen molar-refractivity contribution in [2.24, 2.45) is 0 Å². The van der Waals surface area contributed by atoms with Gasteiger partial charge in [0.05, 0.1) is 25.3 Å². The van der Waals surface area contributed by atoms with Gasteiger partial charge in [-0.1, -0.05) is 31.5 Å². The first kappa shape index (κ1) is 27.2. The van der Waals surface area contributed by atoms with Gasteiger partial charge in [-0.15, -0.1) is 10.1 Å². The number of nitrogens with zero attached hydrogens (tertiary/aromatic N) is 3. The fourth-order valence-electron chi connectivity index (χ4n) is 4.95. The molecule has 3 fully saturated rings. The highest BCUT2D eigenvalue weighted by atomic mass is 17.0. The lowest BCUT2D eigenvalue weighted by Crippen LogP contribution is -2.46. The molecule has 12 heteroatoms. The molecular weight excluding hydrogens is 486 g/mol. The Bertz CT molecular complexity index is 953. The second-order valence-electron chi connectivity index (χ2n) is 9.69. The van der Waals surface area contributed by atoms with Gasteiger partial charge in [-0.25, -0.2) is 4.79 Å². The molecule has 0 saturated carbocycles. The molecule has 3 heterocycles. The molecule has 1 aromatic carbocycles. The van der Waals surface area contributed by atoms with Crippen molar-refractivity contribution in [2.75, 3.05) is 53.0 Å². The SMILES string of the molecule is CCCC[C@H](OC(=O)CN1CCN(C)CC1)c1ccccc1C(=O)O[C@H]1CO[C@H]2[C@@H]1OC[C@H]2O[N+](=O)[O-]. The Morgan fingerprint density at radius 3 is 2.49 bits per heavy atom. The highest BCUT2D eigenvalue weighted by Gasteiger charge is 2.51. The van der Waals surface area contributed by atoms with E-state index in [4.69, 9.17) is 18.9 Å². The minimum Gasteiger partial charge on any atom is -0.457 e. The molecule has 0 unspecified atom stereocenters. The van der Waals surface area contributed by atoms with E-state index in [2.05, 4.69) is 28.6 Å². The van der Waals surface area contributed by atoms with Gasteiger partial charge in [0, 0.05) is 31.7 Å². The zero-order valence-electron chi connectivity index (χ0n) is 21.3. The van der Waals surface area contributed by atoms with Crippen LogP contribution in [0.25, 0.3) is 0 Å². The monoisotopic (exact) mass is 521 g/mol. The normalized spacial score (nSPS) is 26.9. The smallest absolute Gasteiger partial charge is 0.339 e. The van der Waals surface area contributed by atoms with Crippen LogP contribution in [-0.2, 0) is 28.6 Å². The van der Waals surface area contributed by atoms with Gasteiger partial charge in [-0.05, 0) is 26.0 Å². The zero-order chi connectivity index (χ0) is 26.4. The zero-order valence-corrected chi connectivity index (χ0v) is 21.3. The lowest BCUT2D eigenvalue weighted by molar-refractivity contribution is -0.769. The third-order valence-electron chi connectivity index (χ3n) is 7.01. The molecule has 5 atom stereocenters. The average molecular weight is 522 g/mol. The summed E-state index contributed by atoms with van der Waals surface area (Å²) in [5, 5.41) is 9.83. The molecule has 3 aliphatic heterocycles. The predicted molar refractivity (Wildman–Crippen MR) is 129 cm³/mol. The lowest BCUT2D eigenvalue weighted by atomic mass is 9.98. The van der Waals surface area contributed by atoms with Crippen LogP contribution in [0.5, 0.6) is 0 Å². The van der Waals surface area contributed by atoms with Crippen LogP contribution in [0.4, 0.5) is 0 Å². The number of carbonyl (C=O) groups excluding carboxylic acids is 2. The van der Waals surface area contributed by atoms with Gasteiger partial charge in [0.1, 0.15) is 18.3 Å². The number of likely N-dealkylation sites (N-methyl/N-ethyl adjacent to an activating group) is 1. The first-order valence-corrected chi connectivity index (χ1v) is 12.8. The van der Waals surface area contributed by atoms with E-state index < -0.39 is 41.6 Å². The van der Waals surface area contributed by atoms with Crippen molar-refractivity contribution in [1.29, 1.82) is 0 Å². The molecule has 204 valence electrons. The Labute approximate surface area is 215 Å². The maximum Gasteiger partial charge on any atom is 0.339 e. The van der Waals surface area contributed by atoms with Crippen molar-refractivity contribution in [3.05, 3.63) is 45.5 Å². The first-order chi connectivity index (χ1) is 17.9. The summed E-state index contributed by atoms with van der Waals surface area (Å²) in [6.07, 6.45) is -1.22. The fourth-order valence-corrected chi connectivity index (χ4v) is 4.95. The molecule has 4 rings (SSSR count). The van der Waals surface area contributed by atoms with Crippen molar-refractivity contribution in [1.82, 2.24) is 9.80 Å². The largest absolute Gasteiger partial charge is 0.457 e. The van der Waals surface area contributed by atoms with Crippen LogP contribution in [0.3, 0.4) is 0 Å². The Balaban J connectivity index is 1.42. The summed E-state index contributed by atoms with van der Waals surface area (Å²) in [6.45, 7) is 5.68. The predicted octanol–water partition coefficient (Wildman–Crippen LogP) is 1.61. The molecule has 12 nitrogen and oxygen atoms in total. The van der Waals surface area contributed by atoms with Crippen LogP contribution in [0.1, 0.15) is 48.2 Å². The molecule has 0 aromatic heterocycles. The van der Waals surface area contributed by atoms with E-state index in [1.807, 2.05) is 0 Å². The summed E-state index contributed by atoms with van der Waals surface area (Å²) in [6, 6.07) is 6.95. The minimum absolute atomic E-state index is 0.0245. The molecule has 0 aliphatic carbocycles. The number of rotatable bonds is 11. The summed E-state index contributed by atoms with van der Waals surface area (Å²) in [7, 11) is 2.06. The van der Waals surface area contributed by atoms with E-state index in [0.717, 1.165) is 39.0 Å². The Morgan fingerprint density at radius 1 is 1.11 bits per heavy atom. The summed E-state index contributed by atoms with van der Waals surface area (Å²) >= 11 is 0. The van der Waals surface area contributed by atoms with Gasteiger partial charge >= 0.3 is 11.9 Å². The van der Waals surface area contributed by atoms with Gasteiger partial charge in [0.15, 0.2) is 12.2 Å². The molecule has 0 bridgehead atoms. The lowest BCUT2D eigenvalue weighted by Gasteiger charge is -2.32. The number of carbonyl (C=O) groups is 2. The molecule has 1 aromatic rings. The molecular formula is C25H35N3O9. The van der Waals surface area contributed by atoms with E-state index in [0.29, 0.717) is 17.5 Å². The van der Waals surface area contributed by atoms with E-state index >= 15 is 0 Å². The minimum atomic E-state index is -0.878. The van der Waals surface area contributed by atoms with Crippen LogP contribution < -0.4 is 0 Å². The molecule has 0 amide bonds. The van der Waals surface area contributed by atoms with Crippen molar-refractivity contribution in [3.63, 3.8) is 0 Å². The van der Waals surface area contributed by atoms with E-state index in [9.17, 15) is 19.7 Å². The molecule has 0 radical (unpaired) electrons. The van der Waals surface area contributed by atoms with E-state index in [1.165, 1.54) is 0 Å². The number of hydrogen-bond donors (Lipinski definition) is 0. The number of benzene rings is 1. The second kappa shape index (κ2) is 12.6. The number of fused-ring (bicyclic) bond motifs is 1. The third kappa shape index (κ3) is 6.95. The molecule has 37 heavy (non-hydrogen) atoms. The standard InChI is InChI=1S/C25H35N3O9/c1-3-4-9-19(35-22(29)14-27-12-10-26(2)11-13-27)17-7-5-6-8-18(17)25(30)36-20-15-33-24-21(37-28(31)32)16-34-23(20)24/h5-8,19-21,23-24H,3-4,9-16H2,1-2H3/t19-,20-,21+,23+,24+/m0/s1. The highest BCUT2D eigenvalue weighted by molar-refractivity contribution is 5.91.